The lowest BCUT2D eigenvalue weighted by Gasteiger charge is -2.45. The summed E-state index contributed by atoms with van der Waals surface area (Å²) in [5.41, 5.74) is 0.678. The zero-order valence-electron chi connectivity index (χ0n) is 17.4. The van der Waals surface area contributed by atoms with E-state index in [0.29, 0.717) is 13.0 Å². The number of fused-ring (bicyclic) bond motifs is 1. The fourth-order valence-electron chi connectivity index (χ4n) is 4.33. The Morgan fingerprint density at radius 1 is 1.07 bits per heavy atom. The van der Waals surface area contributed by atoms with Gasteiger partial charge in [0.1, 0.15) is 5.60 Å². The number of amides is 1. The first-order valence-electron chi connectivity index (χ1n) is 10.1. The van der Waals surface area contributed by atoms with Crippen molar-refractivity contribution in [3.8, 4) is 0 Å². The zero-order chi connectivity index (χ0) is 20.3. The number of esters is 1. The van der Waals surface area contributed by atoms with Crippen LogP contribution in [0.25, 0.3) is 0 Å². The van der Waals surface area contributed by atoms with Gasteiger partial charge in [0.15, 0.2) is 0 Å². The van der Waals surface area contributed by atoms with Gasteiger partial charge in [-0.05, 0) is 45.6 Å². The molecule has 6 heteroatoms. The number of methoxy groups -OCH3 is 1. The van der Waals surface area contributed by atoms with Gasteiger partial charge < -0.3 is 14.4 Å². The molecule has 1 amide bonds. The number of benzene rings is 1. The Labute approximate surface area is 167 Å². The molecule has 0 aromatic heterocycles. The largest absolute Gasteiger partial charge is 0.469 e. The second kappa shape index (κ2) is 8.52. The number of rotatable bonds is 4. The molecule has 0 aliphatic carbocycles. The summed E-state index contributed by atoms with van der Waals surface area (Å²) in [4.78, 5) is 29.0. The highest BCUT2D eigenvalue weighted by atomic mass is 16.6. The van der Waals surface area contributed by atoms with Crippen LogP contribution in [0.3, 0.4) is 0 Å². The molecule has 6 nitrogen and oxygen atoms in total. The Kier molecular flexibility index (Phi) is 6.28. The van der Waals surface area contributed by atoms with Crippen molar-refractivity contribution >= 4 is 12.1 Å². The van der Waals surface area contributed by atoms with Gasteiger partial charge in [-0.25, -0.2) is 4.79 Å². The van der Waals surface area contributed by atoms with Crippen LogP contribution in [-0.4, -0.2) is 65.8 Å². The highest BCUT2D eigenvalue weighted by Crippen LogP contribution is 2.33. The third kappa shape index (κ3) is 5.04. The molecule has 3 rings (SSSR count). The van der Waals surface area contributed by atoms with Crippen molar-refractivity contribution in [3.05, 3.63) is 35.9 Å². The van der Waals surface area contributed by atoms with Crippen molar-refractivity contribution in [2.45, 2.75) is 70.2 Å². The van der Waals surface area contributed by atoms with E-state index in [2.05, 4.69) is 17.0 Å². The minimum Gasteiger partial charge on any atom is -0.469 e. The first-order chi connectivity index (χ1) is 13.3. The minimum absolute atomic E-state index is 0.0201. The molecule has 2 aliphatic rings. The quantitative estimate of drug-likeness (QED) is 0.741. The van der Waals surface area contributed by atoms with Gasteiger partial charge in [-0.15, -0.1) is 0 Å². The zero-order valence-corrected chi connectivity index (χ0v) is 17.4. The Morgan fingerprint density at radius 3 is 2.43 bits per heavy atom. The topological polar surface area (TPSA) is 59.1 Å². The maximum Gasteiger partial charge on any atom is 0.410 e. The summed E-state index contributed by atoms with van der Waals surface area (Å²) < 4.78 is 10.6. The van der Waals surface area contributed by atoms with Crippen LogP contribution in [0.5, 0.6) is 0 Å². The summed E-state index contributed by atoms with van der Waals surface area (Å²) >= 11 is 0. The van der Waals surface area contributed by atoms with Gasteiger partial charge >= 0.3 is 12.1 Å². The normalized spacial score (nSPS) is 25.3. The van der Waals surface area contributed by atoms with E-state index >= 15 is 0 Å². The molecule has 1 unspecified atom stereocenters. The van der Waals surface area contributed by atoms with Crippen LogP contribution in [0.1, 0.15) is 45.6 Å². The number of piperazine rings is 1. The second-order valence-corrected chi connectivity index (χ2v) is 8.84. The van der Waals surface area contributed by atoms with Gasteiger partial charge in [-0.2, -0.15) is 0 Å². The molecule has 3 atom stereocenters. The van der Waals surface area contributed by atoms with Gasteiger partial charge in [0.25, 0.3) is 0 Å². The van der Waals surface area contributed by atoms with Gasteiger partial charge in [0, 0.05) is 25.2 Å². The van der Waals surface area contributed by atoms with E-state index < -0.39 is 5.60 Å². The molecule has 28 heavy (non-hydrogen) atoms. The number of hydrogen-bond acceptors (Lipinski definition) is 5. The summed E-state index contributed by atoms with van der Waals surface area (Å²) in [7, 11) is 1.44. The molecule has 2 fully saturated rings. The predicted octanol–water partition coefficient (Wildman–Crippen LogP) is 3.24. The first kappa shape index (κ1) is 20.6. The Morgan fingerprint density at radius 2 is 1.79 bits per heavy atom. The summed E-state index contributed by atoms with van der Waals surface area (Å²) in [5, 5.41) is 0. The van der Waals surface area contributed by atoms with Gasteiger partial charge in [-0.3, -0.25) is 9.69 Å². The SMILES string of the molecule is COC(=O)C[C@@H]1CC[C@@H]2CN(C(=O)OC(C)(C)C)C(Cc3ccccc3)CN21. The molecule has 0 spiro atoms. The molecule has 2 saturated heterocycles. The van der Waals surface area contributed by atoms with E-state index in [0.717, 1.165) is 25.8 Å². The van der Waals surface area contributed by atoms with Crippen molar-refractivity contribution < 1.29 is 19.1 Å². The fraction of sp³-hybridized carbons (Fsp3) is 0.636. The van der Waals surface area contributed by atoms with E-state index in [1.54, 1.807) is 0 Å². The molecule has 1 aromatic rings. The number of hydrogen-bond donors (Lipinski definition) is 0. The summed E-state index contributed by atoms with van der Waals surface area (Å²) in [5.74, 6) is -0.167. The smallest absolute Gasteiger partial charge is 0.410 e. The third-order valence-electron chi connectivity index (χ3n) is 5.61. The average molecular weight is 389 g/mol. The maximum atomic E-state index is 12.9. The number of carbonyl (C=O) groups is 2. The summed E-state index contributed by atoms with van der Waals surface area (Å²) in [6, 6.07) is 10.7. The Bertz CT molecular complexity index is 686. The van der Waals surface area contributed by atoms with Gasteiger partial charge in [0.2, 0.25) is 0 Å². The fourth-order valence-corrected chi connectivity index (χ4v) is 4.33. The van der Waals surface area contributed by atoms with E-state index in [-0.39, 0.29) is 30.2 Å². The standard InChI is InChI=1S/C22H32N2O4/c1-22(2,3)28-21(26)24-14-18-11-10-17(13-20(25)27-4)23(18)15-19(24)12-16-8-6-5-7-9-16/h5-9,17-19H,10-15H2,1-4H3/t17-,18+,19?/m0/s1. The monoisotopic (exact) mass is 388 g/mol. The predicted molar refractivity (Wildman–Crippen MR) is 107 cm³/mol. The maximum absolute atomic E-state index is 12.9. The van der Waals surface area contributed by atoms with Crippen LogP contribution in [0.2, 0.25) is 0 Å². The molecule has 1 aromatic carbocycles. The second-order valence-electron chi connectivity index (χ2n) is 8.84. The molecular formula is C22H32N2O4. The summed E-state index contributed by atoms with van der Waals surface area (Å²) in [6.45, 7) is 7.09. The van der Waals surface area contributed by atoms with Crippen molar-refractivity contribution in [1.29, 1.82) is 0 Å². The lowest BCUT2D eigenvalue weighted by Crippen LogP contribution is -2.60. The van der Waals surface area contributed by atoms with Crippen molar-refractivity contribution in [2.24, 2.45) is 0 Å². The molecule has 0 radical (unpaired) electrons. The van der Waals surface area contributed by atoms with E-state index in [1.807, 2.05) is 43.9 Å². The van der Waals surface area contributed by atoms with E-state index in [1.165, 1.54) is 12.7 Å². The number of carbonyl (C=O) groups excluding carboxylic acids is 2. The highest BCUT2D eigenvalue weighted by molar-refractivity contribution is 5.70. The highest BCUT2D eigenvalue weighted by Gasteiger charge is 2.44. The molecule has 0 saturated carbocycles. The van der Waals surface area contributed by atoms with Crippen LogP contribution >= 0.6 is 0 Å². The molecule has 2 aliphatic heterocycles. The van der Waals surface area contributed by atoms with Crippen molar-refractivity contribution in [3.63, 3.8) is 0 Å². The third-order valence-corrected chi connectivity index (χ3v) is 5.61. The minimum atomic E-state index is -0.519. The first-order valence-corrected chi connectivity index (χ1v) is 10.1. The van der Waals surface area contributed by atoms with E-state index in [4.69, 9.17) is 9.47 Å². The van der Waals surface area contributed by atoms with E-state index in [9.17, 15) is 9.59 Å². The van der Waals surface area contributed by atoms with Crippen molar-refractivity contribution in [1.82, 2.24) is 9.80 Å². The molecule has 0 bridgehead atoms. The van der Waals surface area contributed by atoms with Crippen LogP contribution in [0.4, 0.5) is 4.79 Å². The number of ether oxygens (including phenoxy) is 2. The van der Waals surface area contributed by atoms with Gasteiger partial charge in [0.05, 0.1) is 19.6 Å². The van der Waals surface area contributed by atoms with Crippen LogP contribution < -0.4 is 0 Å². The molecule has 0 N–H and O–H groups in total. The van der Waals surface area contributed by atoms with Crippen molar-refractivity contribution in [2.75, 3.05) is 20.2 Å². The van der Waals surface area contributed by atoms with Crippen LogP contribution in [0.15, 0.2) is 30.3 Å². The molecular weight excluding hydrogens is 356 g/mol. The molecule has 2 heterocycles. The number of nitrogens with zero attached hydrogens (tertiary/aromatic N) is 2. The van der Waals surface area contributed by atoms with Crippen LogP contribution in [-0.2, 0) is 20.7 Å². The average Bonchev–Trinajstić information content (AvgIpc) is 3.02. The lowest BCUT2D eigenvalue weighted by atomic mass is 10.00. The lowest BCUT2D eigenvalue weighted by molar-refractivity contribution is -0.142. The van der Waals surface area contributed by atoms with Crippen LogP contribution in [0, 0.1) is 0 Å². The van der Waals surface area contributed by atoms with Gasteiger partial charge in [-0.1, -0.05) is 30.3 Å². The molecule has 154 valence electrons. The Balaban J connectivity index is 1.78. The summed E-state index contributed by atoms with van der Waals surface area (Å²) in [6.07, 6.45) is 2.88. The Hall–Kier alpha value is -2.08.